The van der Waals surface area contributed by atoms with E-state index in [0.29, 0.717) is 18.0 Å². The minimum absolute atomic E-state index is 0.143. The topological polar surface area (TPSA) is 49.4 Å². The lowest BCUT2D eigenvalue weighted by Gasteiger charge is -2.36. The van der Waals surface area contributed by atoms with Crippen LogP contribution in [-0.4, -0.2) is 25.3 Å². The molecule has 4 nitrogen and oxygen atoms in total. The lowest BCUT2D eigenvalue weighted by atomic mass is 9.92. The van der Waals surface area contributed by atoms with E-state index in [0.717, 1.165) is 24.9 Å². The van der Waals surface area contributed by atoms with Gasteiger partial charge >= 0.3 is 0 Å². The van der Waals surface area contributed by atoms with Crippen molar-refractivity contribution in [3.63, 3.8) is 0 Å². The van der Waals surface area contributed by atoms with Gasteiger partial charge in [-0.2, -0.15) is 0 Å². The average molecular weight is 320 g/mol. The molecule has 1 heterocycles. The molecule has 1 aliphatic heterocycles. The number of rotatable bonds is 5. The predicted molar refractivity (Wildman–Crippen MR) is 95.7 cm³/mol. The number of nitrogens with zero attached hydrogens (tertiary/aromatic N) is 1. The zero-order valence-electron chi connectivity index (χ0n) is 13.4. The molecule has 24 heavy (non-hydrogen) atoms. The van der Waals surface area contributed by atoms with Crippen LogP contribution in [0, 0.1) is 5.92 Å². The number of amides is 1. The molecule has 0 bridgehead atoms. The molecule has 1 amide bonds. The highest BCUT2D eigenvalue weighted by atomic mass is 16.1. The molecule has 0 aliphatic carbocycles. The summed E-state index contributed by atoms with van der Waals surface area (Å²) >= 11 is 0. The first-order valence-corrected chi connectivity index (χ1v) is 8.02. The largest absolute Gasteiger partial charge is 0.352 e. The van der Waals surface area contributed by atoms with Gasteiger partial charge in [-0.3, -0.25) is 9.59 Å². The lowest BCUT2D eigenvalue weighted by molar-refractivity contribution is -0.116. The molecule has 1 aliphatic rings. The Bertz CT molecular complexity index is 752. The quantitative estimate of drug-likeness (QED) is 0.680. The predicted octanol–water partition coefficient (Wildman–Crippen LogP) is 3.11. The number of para-hydroxylation sites is 1. The second kappa shape index (κ2) is 7.13. The number of carbonyl (C=O) groups excluding carboxylic acids is 2. The molecule has 0 saturated carbocycles. The van der Waals surface area contributed by atoms with E-state index in [-0.39, 0.29) is 5.91 Å². The van der Waals surface area contributed by atoms with Crippen LogP contribution in [0.5, 0.6) is 0 Å². The number of hydrogen-bond donors (Lipinski definition) is 1. The molecule has 0 spiro atoms. The molecule has 3 rings (SSSR count). The zero-order valence-corrected chi connectivity index (χ0v) is 13.4. The fourth-order valence-electron chi connectivity index (χ4n) is 3.11. The van der Waals surface area contributed by atoms with Crippen LogP contribution < -0.4 is 10.2 Å². The molecule has 2 aromatic rings. The molecule has 1 N–H and O–H groups in total. The van der Waals surface area contributed by atoms with Crippen LogP contribution >= 0.6 is 0 Å². The van der Waals surface area contributed by atoms with E-state index in [1.165, 1.54) is 17.3 Å². The second-order valence-electron chi connectivity index (χ2n) is 5.97. The van der Waals surface area contributed by atoms with E-state index in [1.54, 1.807) is 0 Å². The number of nitrogens with one attached hydrogen (secondary N) is 1. The highest BCUT2D eigenvalue weighted by Crippen LogP contribution is 2.35. The molecule has 1 unspecified atom stereocenters. The molecule has 0 fully saturated rings. The van der Waals surface area contributed by atoms with Gasteiger partial charge < -0.3 is 10.2 Å². The zero-order chi connectivity index (χ0) is 16.9. The van der Waals surface area contributed by atoms with Crippen molar-refractivity contribution in [3.05, 3.63) is 72.3 Å². The number of anilines is 2. The van der Waals surface area contributed by atoms with Crippen molar-refractivity contribution in [1.82, 2.24) is 5.32 Å². The van der Waals surface area contributed by atoms with Gasteiger partial charge in [-0.05, 0) is 54.3 Å². The van der Waals surface area contributed by atoms with Crippen molar-refractivity contribution in [1.29, 1.82) is 0 Å². The van der Waals surface area contributed by atoms with E-state index in [1.807, 2.05) is 36.4 Å². The summed E-state index contributed by atoms with van der Waals surface area (Å²) in [6, 6.07) is 15.9. The first kappa shape index (κ1) is 16.0. The van der Waals surface area contributed by atoms with Gasteiger partial charge in [0.2, 0.25) is 5.91 Å². The molecular weight excluding hydrogens is 300 g/mol. The van der Waals surface area contributed by atoms with Gasteiger partial charge in [0, 0.05) is 30.0 Å². The molecule has 0 radical (unpaired) electrons. The Morgan fingerprint density at radius 2 is 1.96 bits per heavy atom. The third kappa shape index (κ3) is 3.38. The standard InChI is InChI=1S/C20H20N2O2/c1-2-20(24)21-12-16-11-17-5-3-4-6-19(17)22(13-16)18-9-7-15(14-23)8-10-18/h2-10,14,16H,1,11-13H2,(H,21,24). The normalized spacial score (nSPS) is 16.2. The minimum atomic E-state index is -0.143. The van der Waals surface area contributed by atoms with Gasteiger partial charge in [0.1, 0.15) is 6.29 Å². The first-order valence-electron chi connectivity index (χ1n) is 8.02. The van der Waals surface area contributed by atoms with Crippen molar-refractivity contribution in [2.45, 2.75) is 6.42 Å². The molecule has 1 atom stereocenters. The van der Waals surface area contributed by atoms with Crippen LogP contribution in [0.25, 0.3) is 0 Å². The Balaban J connectivity index is 1.86. The molecular formula is C20H20N2O2. The van der Waals surface area contributed by atoms with Crippen LogP contribution in [0.3, 0.4) is 0 Å². The number of hydrogen-bond acceptors (Lipinski definition) is 3. The summed E-state index contributed by atoms with van der Waals surface area (Å²) in [5.41, 5.74) is 4.16. The van der Waals surface area contributed by atoms with E-state index >= 15 is 0 Å². The van der Waals surface area contributed by atoms with E-state index in [9.17, 15) is 9.59 Å². The van der Waals surface area contributed by atoms with E-state index < -0.39 is 0 Å². The second-order valence-corrected chi connectivity index (χ2v) is 5.97. The highest BCUT2D eigenvalue weighted by Gasteiger charge is 2.25. The molecule has 0 saturated heterocycles. The van der Waals surface area contributed by atoms with Crippen LogP contribution in [0.4, 0.5) is 11.4 Å². The van der Waals surface area contributed by atoms with Crippen LogP contribution in [0.15, 0.2) is 61.2 Å². The van der Waals surface area contributed by atoms with Gasteiger partial charge in [-0.15, -0.1) is 0 Å². The maximum absolute atomic E-state index is 11.4. The Labute approximate surface area is 141 Å². The fraction of sp³-hybridized carbons (Fsp3) is 0.200. The molecule has 122 valence electrons. The van der Waals surface area contributed by atoms with Gasteiger partial charge in [-0.25, -0.2) is 0 Å². The Kier molecular flexibility index (Phi) is 4.75. The SMILES string of the molecule is C=CC(=O)NCC1Cc2ccccc2N(c2ccc(C=O)cc2)C1. The molecule has 4 heteroatoms. The summed E-state index contributed by atoms with van der Waals surface area (Å²) in [5, 5.41) is 2.89. The van der Waals surface area contributed by atoms with E-state index in [4.69, 9.17) is 0 Å². The van der Waals surface area contributed by atoms with Crippen molar-refractivity contribution in [3.8, 4) is 0 Å². The van der Waals surface area contributed by atoms with Gasteiger partial charge in [-0.1, -0.05) is 24.8 Å². The minimum Gasteiger partial charge on any atom is -0.352 e. The van der Waals surface area contributed by atoms with Crippen LogP contribution in [0.2, 0.25) is 0 Å². The maximum Gasteiger partial charge on any atom is 0.243 e. The third-order valence-corrected chi connectivity index (χ3v) is 4.32. The highest BCUT2D eigenvalue weighted by molar-refractivity contribution is 5.86. The first-order chi connectivity index (χ1) is 11.7. The molecule has 2 aromatic carbocycles. The van der Waals surface area contributed by atoms with Crippen molar-refractivity contribution in [2.24, 2.45) is 5.92 Å². The average Bonchev–Trinajstić information content (AvgIpc) is 2.65. The third-order valence-electron chi connectivity index (χ3n) is 4.32. The number of fused-ring (bicyclic) bond motifs is 1. The van der Waals surface area contributed by atoms with Gasteiger partial charge in [0.25, 0.3) is 0 Å². The maximum atomic E-state index is 11.4. The summed E-state index contributed by atoms with van der Waals surface area (Å²) in [6.07, 6.45) is 3.07. The number of aldehydes is 1. The Morgan fingerprint density at radius 3 is 2.67 bits per heavy atom. The van der Waals surface area contributed by atoms with E-state index in [2.05, 4.69) is 28.9 Å². The summed E-state index contributed by atoms with van der Waals surface area (Å²) in [6.45, 7) is 4.92. The van der Waals surface area contributed by atoms with Crippen molar-refractivity contribution in [2.75, 3.05) is 18.0 Å². The van der Waals surface area contributed by atoms with Gasteiger partial charge in [0.05, 0.1) is 0 Å². The summed E-state index contributed by atoms with van der Waals surface area (Å²) in [7, 11) is 0. The summed E-state index contributed by atoms with van der Waals surface area (Å²) in [4.78, 5) is 24.6. The number of benzene rings is 2. The smallest absolute Gasteiger partial charge is 0.243 e. The lowest BCUT2D eigenvalue weighted by Crippen LogP contribution is -2.38. The molecule has 0 aromatic heterocycles. The summed E-state index contributed by atoms with van der Waals surface area (Å²) in [5.74, 6) is 0.172. The Hall–Kier alpha value is -2.88. The fourth-order valence-corrected chi connectivity index (χ4v) is 3.11. The van der Waals surface area contributed by atoms with Crippen molar-refractivity contribution < 1.29 is 9.59 Å². The monoisotopic (exact) mass is 320 g/mol. The van der Waals surface area contributed by atoms with Crippen LogP contribution in [-0.2, 0) is 11.2 Å². The number of carbonyl (C=O) groups is 2. The Morgan fingerprint density at radius 1 is 1.21 bits per heavy atom. The van der Waals surface area contributed by atoms with Crippen LogP contribution in [0.1, 0.15) is 15.9 Å². The van der Waals surface area contributed by atoms with Gasteiger partial charge in [0.15, 0.2) is 0 Å². The summed E-state index contributed by atoms with van der Waals surface area (Å²) < 4.78 is 0. The van der Waals surface area contributed by atoms with Crippen molar-refractivity contribution >= 4 is 23.6 Å².